The van der Waals surface area contributed by atoms with Gasteiger partial charge in [0.25, 0.3) is 0 Å². The van der Waals surface area contributed by atoms with Gasteiger partial charge >= 0.3 is 0 Å². The number of hydrogen-bond acceptors (Lipinski definition) is 5. The molecule has 0 saturated heterocycles. The number of benzene rings is 1. The van der Waals surface area contributed by atoms with Gasteiger partial charge in [0.15, 0.2) is 0 Å². The summed E-state index contributed by atoms with van der Waals surface area (Å²) in [7, 11) is 1.63. The van der Waals surface area contributed by atoms with Crippen molar-refractivity contribution in [2.45, 2.75) is 13.0 Å². The van der Waals surface area contributed by atoms with E-state index in [1.165, 1.54) is 6.07 Å². The molecule has 0 aliphatic rings. The van der Waals surface area contributed by atoms with Gasteiger partial charge in [-0.05, 0) is 19.1 Å². The molecule has 6 heteroatoms. The van der Waals surface area contributed by atoms with E-state index in [9.17, 15) is 4.39 Å². The molecule has 1 atom stereocenters. The van der Waals surface area contributed by atoms with Gasteiger partial charge in [-0.25, -0.2) is 4.39 Å². The quantitative estimate of drug-likeness (QED) is 0.633. The minimum absolute atomic E-state index is 0.335. The predicted molar refractivity (Wildman–Crippen MR) is 78.0 cm³/mol. The second-order valence-electron chi connectivity index (χ2n) is 4.51. The number of methoxy groups -OCH3 is 1. The Bertz CT molecular complexity index is 401. The van der Waals surface area contributed by atoms with Gasteiger partial charge in [0.2, 0.25) is 0 Å². The van der Waals surface area contributed by atoms with Crippen molar-refractivity contribution in [2.24, 2.45) is 5.73 Å². The molecule has 120 valence electrons. The number of rotatable bonds is 11. The first kappa shape index (κ1) is 17.8. The van der Waals surface area contributed by atoms with Crippen molar-refractivity contribution in [1.82, 2.24) is 0 Å². The van der Waals surface area contributed by atoms with E-state index in [0.717, 1.165) is 0 Å². The van der Waals surface area contributed by atoms with E-state index < -0.39 is 6.04 Å². The van der Waals surface area contributed by atoms with Crippen LogP contribution in [0.3, 0.4) is 0 Å². The predicted octanol–water partition coefficient (Wildman–Crippen LogP) is 1.90. The fourth-order valence-electron chi connectivity index (χ4n) is 1.76. The normalized spacial score (nSPS) is 12.4. The lowest BCUT2D eigenvalue weighted by atomic mass is 10.1. The molecule has 0 unspecified atom stereocenters. The summed E-state index contributed by atoms with van der Waals surface area (Å²) in [6.07, 6.45) is 0. The van der Waals surface area contributed by atoms with Crippen LogP contribution in [0.1, 0.15) is 18.5 Å². The third kappa shape index (κ3) is 6.86. The second-order valence-corrected chi connectivity index (χ2v) is 4.51. The van der Waals surface area contributed by atoms with Crippen molar-refractivity contribution in [3.05, 3.63) is 29.6 Å². The zero-order valence-corrected chi connectivity index (χ0v) is 12.6. The van der Waals surface area contributed by atoms with E-state index in [4.69, 9.17) is 24.7 Å². The van der Waals surface area contributed by atoms with Crippen molar-refractivity contribution >= 4 is 0 Å². The highest BCUT2D eigenvalue weighted by Gasteiger charge is 2.13. The first-order valence-electron chi connectivity index (χ1n) is 6.98. The van der Waals surface area contributed by atoms with Gasteiger partial charge in [-0.3, -0.25) is 0 Å². The minimum Gasteiger partial charge on any atom is -0.491 e. The summed E-state index contributed by atoms with van der Waals surface area (Å²) < 4.78 is 34.6. The standard InChI is InChI=1S/C15H24FNO4/c1-12(17)15-13(16)4-3-5-14(15)21-11-10-20-9-8-19-7-6-18-2/h3-5,12H,6-11,17H2,1-2H3/t12-/m1/s1. The molecule has 0 aliphatic heterocycles. The van der Waals surface area contributed by atoms with Gasteiger partial charge in [0.1, 0.15) is 18.2 Å². The van der Waals surface area contributed by atoms with Crippen molar-refractivity contribution in [3.8, 4) is 5.75 Å². The van der Waals surface area contributed by atoms with Crippen molar-refractivity contribution in [1.29, 1.82) is 0 Å². The van der Waals surface area contributed by atoms with Crippen LogP contribution in [-0.4, -0.2) is 46.8 Å². The van der Waals surface area contributed by atoms with Gasteiger partial charge in [-0.1, -0.05) is 6.07 Å². The van der Waals surface area contributed by atoms with Gasteiger partial charge in [0, 0.05) is 18.7 Å². The molecule has 0 aliphatic carbocycles. The Labute approximate surface area is 125 Å². The SMILES string of the molecule is COCCOCCOCCOc1cccc(F)c1[C@@H](C)N. The zero-order chi connectivity index (χ0) is 15.5. The Morgan fingerprint density at radius 1 is 1.05 bits per heavy atom. The van der Waals surface area contributed by atoms with Crippen LogP contribution in [0, 0.1) is 5.82 Å². The maximum absolute atomic E-state index is 13.7. The average molecular weight is 301 g/mol. The van der Waals surface area contributed by atoms with Crippen LogP contribution in [-0.2, 0) is 14.2 Å². The van der Waals surface area contributed by atoms with E-state index in [2.05, 4.69) is 0 Å². The number of hydrogen-bond donors (Lipinski definition) is 1. The maximum atomic E-state index is 13.7. The summed E-state index contributed by atoms with van der Waals surface area (Å²) in [5.41, 5.74) is 6.14. The zero-order valence-electron chi connectivity index (χ0n) is 12.6. The average Bonchev–Trinajstić information content (AvgIpc) is 2.45. The molecular formula is C15H24FNO4. The monoisotopic (exact) mass is 301 g/mol. The summed E-state index contributed by atoms with van der Waals surface area (Å²) in [5.74, 6) is 0.111. The third-order valence-corrected chi connectivity index (χ3v) is 2.76. The maximum Gasteiger partial charge on any atom is 0.131 e. The molecule has 0 heterocycles. The summed E-state index contributed by atoms with van der Waals surface area (Å²) in [6, 6.07) is 4.26. The van der Waals surface area contributed by atoms with Crippen LogP contribution >= 0.6 is 0 Å². The Balaban J connectivity index is 2.20. The second kappa shape index (κ2) is 10.5. The molecule has 1 aromatic rings. The molecule has 0 radical (unpaired) electrons. The number of ether oxygens (including phenoxy) is 4. The Hall–Kier alpha value is -1.21. The van der Waals surface area contributed by atoms with E-state index in [-0.39, 0.29) is 5.82 Å². The first-order valence-corrected chi connectivity index (χ1v) is 6.98. The van der Waals surface area contributed by atoms with Crippen LogP contribution in [0.4, 0.5) is 4.39 Å². The summed E-state index contributed by atoms with van der Waals surface area (Å²) in [5, 5.41) is 0. The molecule has 1 aromatic carbocycles. The van der Waals surface area contributed by atoms with Gasteiger partial charge in [0.05, 0.1) is 33.0 Å². The Morgan fingerprint density at radius 3 is 2.29 bits per heavy atom. The summed E-state index contributed by atoms with van der Waals surface area (Å²) in [4.78, 5) is 0. The molecule has 0 saturated carbocycles. The lowest BCUT2D eigenvalue weighted by molar-refractivity contribution is 0.0178. The molecule has 2 N–H and O–H groups in total. The molecule has 21 heavy (non-hydrogen) atoms. The van der Waals surface area contributed by atoms with Gasteiger partial charge < -0.3 is 24.7 Å². The lowest BCUT2D eigenvalue weighted by Gasteiger charge is -2.14. The highest BCUT2D eigenvalue weighted by molar-refractivity contribution is 5.36. The molecule has 0 bridgehead atoms. The van der Waals surface area contributed by atoms with Crippen LogP contribution < -0.4 is 10.5 Å². The Kier molecular flexibility index (Phi) is 8.93. The smallest absolute Gasteiger partial charge is 0.131 e. The van der Waals surface area contributed by atoms with Crippen molar-refractivity contribution < 1.29 is 23.3 Å². The van der Waals surface area contributed by atoms with Crippen molar-refractivity contribution in [3.63, 3.8) is 0 Å². The van der Waals surface area contributed by atoms with E-state index in [1.807, 2.05) is 0 Å². The van der Waals surface area contributed by atoms with Crippen LogP contribution in [0.2, 0.25) is 0 Å². The van der Waals surface area contributed by atoms with Crippen molar-refractivity contribution in [2.75, 3.05) is 46.8 Å². The largest absolute Gasteiger partial charge is 0.491 e. The molecule has 0 aromatic heterocycles. The van der Waals surface area contributed by atoms with Crippen LogP contribution in [0.25, 0.3) is 0 Å². The van der Waals surface area contributed by atoms with E-state index in [1.54, 1.807) is 26.2 Å². The fourth-order valence-corrected chi connectivity index (χ4v) is 1.76. The number of nitrogens with two attached hydrogens (primary N) is 1. The van der Waals surface area contributed by atoms with Gasteiger partial charge in [-0.2, -0.15) is 0 Å². The molecule has 1 rings (SSSR count). The molecule has 0 amide bonds. The Morgan fingerprint density at radius 2 is 1.67 bits per heavy atom. The molecular weight excluding hydrogens is 277 g/mol. The third-order valence-electron chi connectivity index (χ3n) is 2.76. The summed E-state index contributed by atoms with van der Waals surface area (Å²) in [6.45, 7) is 4.58. The molecule has 5 nitrogen and oxygen atoms in total. The first-order chi connectivity index (χ1) is 10.2. The molecule has 0 fully saturated rings. The summed E-state index contributed by atoms with van der Waals surface area (Å²) >= 11 is 0. The van der Waals surface area contributed by atoms with E-state index in [0.29, 0.717) is 51.0 Å². The van der Waals surface area contributed by atoms with E-state index >= 15 is 0 Å². The fraction of sp³-hybridized carbons (Fsp3) is 0.600. The van der Waals surface area contributed by atoms with Crippen LogP contribution in [0.15, 0.2) is 18.2 Å². The molecule has 0 spiro atoms. The minimum atomic E-state index is -0.420. The van der Waals surface area contributed by atoms with Gasteiger partial charge in [-0.15, -0.1) is 0 Å². The highest BCUT2D eigenvalue weighted by Crippen LogP contribution is 2.26. The topological polar surface area (TPSA) is 62.9 Å². The highest BCUT2D eigenvalue weighted by atomic mass is 19.1. The van der Waals surface area contributed by atoms with Crippen LogP contribution in [0.5, 0.6) is 5.75 Å². The number of halogens is 1. The lowest BCUT2D eigenvalue weighted by Crippen LogP contribution is -2.14.